The zero-order chi connectivity index (χ0) is 18.5. The van der Waals surface area contributed by atoms with Crippen LogP contribution in [-0.4, -0.2) is 21.0 Å². The molecular weight excluding hydrogens is 404 g/mol. The van der Waals surface area contributed by atoms with Crippen LogP contribution in [0.25, 0.3) is 17.5 Å². The fraction of sp³-hybridized carbons (Fsp3) is 0. The number of hydrogen-bond donors (Lipinski definition) is 1. The van der Waals surface area contributed by atoms with Crippen molar-refractivity contribution in [2.45, 2.75) is 0 Å². The molecule has 0 bridgehead atoms. The van der Waals surface area contributed by atoms with Crippen LogP contribution in [0.4, 0.5) is 11.7 Å². The highest BCUT2D eigenvalue weighted by Gasteiger charge is 2.10. The zero-order valence-electron chi connectivity index (χ0n) is 13.1. The van der Waals surface area contributed by atoms with Crippen molar-refractivity contribution in [1.82, 2.24) is 10.2 Å². The summed E-state index contributed by atoms with van der Waals surface area (Å²) in [4.78, 5) is 22.2. The fourth-order valence-electron chi connectivity index (χ4n) is 2.07. The van der Waals surface area contributed by atoms with Crippen LogP contribution < -0.4 is 5.32 Å². The van der Waals surface area contributed by atoms with Crippen LogP contribution in [0.5, 0.6) is 0 Å². The van der Waals surface area contributed by atoms with Gasteiger partial charge in [-0.1, -0.05) is 39.2 Å². The van der Waals surface area contributed by atoms with E-state index in [1.807, 2.05) is 12.1 Å². The van der Waals surface area contributed by atoms with Crippen molar-refractivity contribution >= 4 is 39.6 Å². The lowest BCUT2D eigenvalue weighted by Crippen LogP contribution is -2.07. The molecule has 2 aromatic carbocycles. The smallest absolute Gasteiger partial charge is 0.322 e. The molecule has 0 aliphatic heterocycles. The number of aromatic nitrogens is 2. The van der Waals surface area contributed by atoms with Gasteiger partial charge in [0.2, 0.25) is 5.89 Å². The number of anilines is 1. The number of nitrogens with one attached hydrogen (secondary N) is 1. The maximum Gasteiger partial charge on any atom is 0.322 e. The normalized spacial score (nSPS) is 10.8. The van der Waals surface area contributed by atoms with Crippen LogP contribution in [-0.2, 0) is 4.79 Å². The fourth-order valence-corrected chi connectivity index (χ4v) is 2.47. The molecule has 3 rings (SSSR count). The molecule has 1 aromatic heterocycles. The lowest BCUT2D eigenvalue weighted by Gasteiger charge is -1.96. The second-order valence-electron chi connectivity index (χ2n) is 5.10. The van der Waals surface area contributed by atoms with Gasteiger partial charge in [-0.2, -0.15) is 0 Å². The number of halogens is 1. The van der Waals surface area contributed by atoms with E-state index in [0.717, 1.165) is 4.47 Å². The van der Waals surface area contributed by atoms with Gasteiger partial charge in [-0.25, -0.2) is 0 Å². The number of carbonyl (C=O) groups excluding carboxylic acids is 1. The Morgan fingerprint density at radius 2 is 2.00 bits per heavy atom. The van der Waals surface area contributed by atoms with Crippen molar-refractivity contribution in [3.63, 3.8) is 0 Å². The highest BCUT2D eigenvalue weighted by molar-refractivity contribution is 9.10. The molecule has 0 fully saturated rings. The van der Waals surface area contributed by atoms with Gasteiger partial charge in [0, 0.05) is 28.2 Å². The van der Waals surface area contributed by atoms with E-state index in [9.17, 15) is 14.9 Å². The predicted molar refractivity (Wildman–Crippen MR) is 98.2 cm³/mol. The number of nitro groups is 1. The summed E-state index contributed by atoms with van der Waals surface area (Å²) in [6.07, 6.45) is 2.68. The molecule has 26 heavy (non-hydrogen) atoms. The third-order valence-corrected chi connectivity index (χ3v) is 3.73. The molecule has 1 amide bonds. The first-order chi connectivity index (χ1) is 12.5. The van der Waals surface area contributed by atoms with E-state index in [2.05, 4.69) is 31.4 Å². The first-order valence-corrected chi connectivity index (χ1v) is 8.13. The second kappa shape index (κ2) is 7.70. The van der Waals surface area contributed by atoms with Crippen LogP contribution in [0.1, 0.15) is 5.56 Å². The van der Waals surface area contributed by atoms with Crippen molar-refractivity contribution in [2.75, 3.05) is 5.32 Å². The zero-order valence-corrected chi connectivity index (χ0v) is 14.7. The number of carbonyl (C=O) groups is 1. The molecule has 8 nitrogen and oxygen atoms in total. The van der Waals surface area contributed by atoms with Gasteiger partial charge < -0.3 is 4.42 Å². The lowest BCUT2D eigenvalue weighted by molar-refractivity contribution is -0.384. The largest absolute Gasteiger partial charge is 0.403 e. The van der Waals surface area contributed by atoms with E-state index in [1.54, 1.807) is 18.2 Å². The SMILES string of the molecule is O=C(C=Cc1cccc([N+](=O)[O-])c1)Nc1nnc(-c2cccc(Br)c2)o1. The quantitative estimate of drug-likeness (QED) is 0.382. The first-order valence-electron chi connectivity index (χ1n) is 7.34. The molecule has 1 N–H and O–H groups in total. The van der Waals surface area contributed by atoms with Crippen molar-refractivity contribution in [2.24, 2.45) is 0 Å². The molecule has 0 radical (unpaired) electrons. The number of rotatable bonds is 5. The molecule has 0 aliphatic rings. The summed E-state index contributed by atoms with van der Waals surface area (Å²) >= 11 is 3.35. The van der Waals surface area contributed by atoms with Crippen molar-refractivity contribution in [3.8, 4) is 11.5 Å². The van der Waals surface area contributed by atoms with E-state index >= 15 is 0 Å². The van der Waals surface area contributed by atoms with Gasteiger partial charge in [-0.05, 0) is 29.8 Å². The van der Waals surface area contributed by atoms with Crippen molar-refractivity contribution < 1.29 is 14.1 Å². The average Bonchev–Trinajstić information content (AvgIpc) is 3.09. The number of benzene rings is 2. The van der Waals surface area contributed by atoms with E-state index < -0.39 is 10.8 Å². The summed E-state index contributed by atoms with van der Waals surface area (Å²) in [5.74, 6) is -0.231. The maximum atomic E-state index is 11.9. The maximum absolute atomic E-state index is 11.9. The highest BCUT2D eigenvalue weighted by Crippen LogP contribution is 2.23. The van der Waals surface area contributed by atoms with Gasteiger partial charge in [0.15, 0.2) is 0 Å². The first kappa shape index (κ1) is 17.5. The molecule has 0 saturated carbocycles. The summed E-state index contributed by atoms with van der Waals surface area (Å²) in [5.41, 5.74) is 1.18. The van der Waals surface area contributed by atoms with E-state index in [-0.39, 0.29) is 17.6 Å². The Morgan fingerprint density at radius 3 is 2.77 bits per heavy atom. The van der Waals surface area contributed by atoms with Gasteiger partial charge in [-0.3, -0.25) is 20.2 Å². The van der Waals surface area contributed by atoms with Gasteiger partial charge in [0.1, 0.15) is 0 Å². The highest BCUT2D eigenvalue weighted by atomic mass is 79.9. The number of hydrogen-bond acceptors (Lipinski definition) is 6. The molecule has 1 heterocycles. The topological polar surface area (TPSA) is 111 Å². The lowest BCUT2D eigenvalue weighted by atomic mass is 10.2. The number of nitro benzene ring substituents is 1. The second-order valence-corrected chi connectivity index (χ2v) is 6.01. The Hall–Kier alpha value is -3.33. The minimum absolute atomic E-state index is 0.0475. The number of non-ortho nitro benzene ring substituents is 1. The predicted octanol–water partition coefficient (Wildman–Crippen LogP) is 4.06. The number of nitrogens with zero attached hydrogens (tertiary/aromatic N) is 3. The molecule has 0 saturated heterocycles. The molecule has 9 heteroatoms. The molecule has 130 valence electrons. The minimum atomic E-state index is -0.501. The molecule has 3 aromatic rings. The average molecular weight is 415 g/mol. The van der Waals surface area contributed by atoms with Gasteiger partial charge in [0.05, 0.1) is 4.92 Å². The monoisotopic (exact) mass is 414 g/mol. The van der Waals surface area contributed by atoms with Crippen molar-refractivity contribution in [3.05, 3.63) is 74.8 Å². The van der Waals surface area contributed by atoms with E-state index in [0.29, 0.717) is 11.1 Å². The molecular formula is C17H11BrN4O4. The minimum Gasteiger partial charge on any atom is -0.403 e. The summed E-state index contributed by atoms with van der Waals surface area (Å²) < 4.78 is 6.26. The van der Waals surface area contributed by atoms with Gasteiger partial charge in [0.25, 0.3) is 11.6 Å². The summed E-state index contributed by atoms with van der Waals surface area (Å²) in [6, 6.07) is 13.2. The molecule has 0 spiro atoms. The summed E-state index contributed by atoms with van der Waals surface area (Å²) in [7, 11) is 0. The van der Waals surface area contributed by atoms with Crippen molar-refractivity contribution in [1.29, 1.82) is 0 Å². The van der Waals surface area contributed by atoms with Gasteiger partial charge in [-0.15, -0.1) is 5.10 Å². The summed E-state index contributed by atoms with van der Waals surface area (Å²) in [6.45, 7) is 0. The van der Waals surface area contributed by atoms with Gasteiger partial charge >= 0.3 is 6.01 Å². The Bertz CT molecular complexity index is 1000. The number of amides is 1. The Morgan fingerprint density at radius 1 is 1.19 bits per heavy atom. The van der Waals surface area contributed by atoms with Crippen LogP contribution in [0.2, 0.25) is 0 Å². The summed E-state index contributed by atoms with van der Waals surface area (Å²) in [5, 5.41) is 20.8. The Kier molecular flexibility index (Phi) is 5.18. The van der Waals surface area contributed by atoms with E-state index in [1.165, 1.54) is 30.4 Å². The van der Waals surface area contributed by atoms with E-state index in [4.69, 9.17) is 4.42 Å². The third-order valence-electron chi connectivity index (χ3n) is 3.23. The molecule has 0 aliphatic carbocycles. The Labute approximate surface area is 155 Å². The van der Waals surface area contributed by atoms with Crippen LogP contribution in [0.15, 0.2) is 63.5 Å². The van der Waals surface area contributed by atoms with Crippen LogP contribution >= 0.6 is 15.9 Å². The molecule has 0 unspecified atom stereocenters. The van der Waals surface area contributed by atoms with Crippen LogP contribution in [0.3, 0.4) is 0 Å². The third kappa shape index (κ3) is 4.39. The standard InChI is InChI=1S/C17H11BrN4O4/c18-13-5-2-4-12(10-13)16-20-21-17(26-16)19-15(23)8-7-11-3-1-6-14(9-11)22(24)25/h1-10H,(H,19,21,23). The van der Waals surface area contributed by atoms with Crippen LogP contribution in [0, 0.1) is 10.1 Å². The molecule has 0 atom stereocenters. The Balaban J connectivity index is 1.67.